The Hall–Kier alpha value is -3.46. The first-order chi connectivity index (χ1) is 17.3. The van der Waals surface area contributed by atoms with E-state index in [1.165, 1.54) is 55.5 Å². The molecule has 1 aromatic heterocycles. The van der Waals surface area contributed by atoms with Gasteiger partial charge >= 0.3 is 28.4 Å². The molecule has 0 aliphatic carbocycles. The summed E-state index contributed by atoms with van der Waals surface area (Å²) in [6.07, 6.45) is 4.17. The molecule has 0 bridgehead atoms. The molecular formula is C33H32AuN3+2. The fourth-order valence-corrected chi connectivity index (χ4v) is 5.40. The number of fused-ring (bicyclic) bond motifs is 3. The number of rotatable bonds is 2. The molecule has 2 heterocycles. The van der Waals surface area contributed by atoms with Gasteiger partial charge in [-0.2, -0.15) is 0 Å². The van der Waals surface area contributed by atoms with Crippen molar-refractivity contribution in [3.63, 3.8) is 0 Å². The molecule has 0 N–H and O–H groups in total. The molecule has 5 aromatic rings. The summed E-state index contributed by atoms with van der Waals surface area (Å²) in [5, 5.41) is 2.50. The topological polar surface area (TPSA) is 20.1 Å². The second kappa shape index (κ2) is 10.9. The number of hydrogen-bond donors (Lipinski definition) is 0. The Morgan fingerprint density at radius 2 is 0.892 bits per heavy atom. The maximum Gasteiger partial charge on any atom is 1.00 e. The molecule has 4 heteroatoms. The number of benzene rings is 4. The van der Waals surface area contributed by atoms with Crippen LogP contribution in [-0.4, -0.2) is 15.2 Å². The van der Waals surface area contributed by atoms with Gasteiger partial charge in [0.15, 0.2) is 0 Å². The maximum atomic E-state index is 4.52. The molecule has 0 radical (unpaired) electrons. The van der Waals surface area contributed by atoms with Gasteiger partial charge in [0, 0.05) is 22.3 Å². The number of hydrogen-bond acceptors (Lipinski definition) is 0. The van der Waals surface area contributed by atoms with Crippen molar-refractivity contribution in [1.82, 2.24) is 4.98 Å². The van der Waals surface area contributed by atoms with Crippen molar-refractivity contribution in [2.45, 2.75) is 41.5 Å². The van der Waals surface area contributed by atoms with E-state index in [4.69, 9.17) is 0 Å². The number of aromatic nitrogens is 1. The predicted octanol–water partition coefficient (Wildman–Crippen LogP) is 8.13. The Morgan fingerprint density at radius 3 is 1.27 bits per heavy atom. The Balaban J connectivity index is 0.000000193. The Bertz CT molecular complexity index is 1560. The van der Waals surface area contributed by atoms with Crippen LogP contribution in [0.15, 0.2) is 85.2 Å². The van der Waals surface area contributed by atoms with Crippen molar-refractivity contribution in [2.75, 3.05) is 0 Å². The minimum Gasteiger partial charge on any atom is -0.657 e. The van der Waals surface area contributed by atoms with Crippen LogP contribution in [0.25, 0.3) is 21.8 Å². The van der Waals surface area contributed by atoms with Crippen LogP contribution < -0.4 is 4.98 Å². The van der Waals surface area contributed by atoms with Crippen molar-refractivity contribution in [2.24, 2.45) is 0 Å². The van der Waals surface area contributed by atoms with E-state index in [2.05, 4.69) is 135 Å². The van der Waals surface area contributed by atoms with Crippen molar-refractivity contribution >= 4 is 39.2 Å². The number of para-hydroxylation sites is 2. The van der Waals surface area contributed by atoms with E-state index in [1.807, 2.05) is 12.1 Å². The van der Waals surface area contributed by atoms with Gasteiger partial charge in [0.1, 0.15) is 0 Å². The molecule has 0 atom stereocenters. The van der Waals surface area contributed by atoms with E-state index in [9.17, 15) is 0 Å². The van der Waals surface area contributed by atoms with E-state index in [1.54, 1.807) is 0 Å². The first kappa shape index (κ1) is 26.6. The third kappa shape index (κ3) is 5.32. The molecule has 3 nitrogen and oxygen atoms in total. The average Bonchev–Trinajstić information content (AvgIpc) is 3.43. The zero-order valence-corrected chi connectivity index (χ0v) is 24.4. The fourth-order valence-electron chi connectivity index (χ4n) is 5.40. The van der Waals surface area contributed by atoms with Gasteiger partial charge in [0.05, 0.1) is 0 Å². The average molecular weight is 668 g/mol. The smallest absolute Gasteiger partial charge is 0.657 e. The van der Waals surface area contributed by atoms with E-state index in [0.717, 1.165) is 11.0 Å². The molecule has 4 aromatic carbocycles. The maximum absolute atomic E-state index is 4.52. The molecule has 0 saturated carbocycles. The minimum atomic E-state index is 0. The van der Waals surface area contributed by atoms with E-state index in [-0.39, 0.29) is 22.4 Å². The van der Waals surface area contributed by atoms with Crippen molar-refractivity contribution in [3.8, 4) is 0 Å². The van der Waals surface area contributed by atoms with Gasteiger partial charge in [-0.15, -0.1) is 11.0 Å². The quantitative estimate of drug-likeness (QED) is 0.138. The second-order valence-corrected chi connectivity index (χ2v) is 9.78. The van der Waals surface area contributed by atoms with Crippen LogP contribution >= 0.6 is 0 Å². The summed E-state index contributed by atoms with van der Waals surface area (Å²) in [7, 11) is 0. The third-order valence-corrected chi connectivity index (χ3v) is 6.67. The zero-order chi connectivity index (χ0) is 25.4. The summed E-state index contributed by atoms with van der Waals surface area (Å²) < 4.78 is 4.20. The minimum absolute atomic E-state index is 0. The predicted molar refractivity (Wildman–Crippen MR) is 150 cm³/mol. The second-order valence-electron chi connectivity index (χ2n) is 9.78. The SMILES string of the molecule is Cc1cc(C)c([N+]2=C=[N+](c3c(C)cc(C)cc3C)C=C2)c(C)c1.[Au+].c1ccc2c(c1)[n-]c1ccccc12. The molecule has 188 valence electrons. The van der Waals surface area contributed by atoms with E-state index < -0.39 is 0 Å². The van der Waals surface area contributed by atoms with Crippen LogP contribution in [0.3, 0.4) is 0 Å². The summed E-state index contributed by atoms with van der Waals surface area (Å²) in [5.41, 5.74) is 12.3. The standard InChI is InChI=1S/C21H24N2.C12H8N.Au/c1-14-9-16(3)20(17(4)10-14)22-7-8-23(13-22)21-18(5)11-15(2)12-19(21)6;1-3-7-11-9(5-1)10-6-2-4-8-12(10)13-11;/h7-12H,1-6H3;1-8H;/q+2;-1;+1. The van der Waals surface area contributed by atoms with Gasteiger partial charge < -0.3 is 4.98 Å². The Kier molecular flexibility index (Phi) is 7.82. The van der Waals surface area contributed by atoms with Gasteiger partial charge in [-0.1, -0.05) is 68.8 Å². The summed E-state index contributed by atoms with van der Waals surface area (Å²) in [5.74, 6) is 0. The van der Waals surface area contributed by atoms with Crippen LogP contribution in [0, 0.1) is 41.5 Å². The number of nitrogens with zero attached hydrogens (tertiary/aromatic N) is 3. The summed E-state index contributed by atoms with van der Waals surface area (Å²) in [6, 6.07) is 28.9. The Labute approximate surface area is 235 Å². The van der Waals surface area contributed by atoms with Gasteiger partial charge in [-0.3, -0.25) is 0 Å². The first-order valence-corrected chi connectivity index (χ1v) is 12.4. The van der Waals surface area contributed by atoms with Crippen molar-refractivity contribution in [3.05, 3.63) is 119 Å². The molecule has 0 saturated heterocycles. The normalized spacial score (nSPS) is 12.2. The molecule has 0 unspecified atom stereocenters. The molecular weight excluding hydrogens is 635 g/mol. The van der Waals surface area contributed by atoms with E-state index in [0.29, 0.717) is 0 Å². The Morgan fingerprint density at radius 1 is 0.541 bits per heavy atom. The van der Waals surface area contributed by atoms with Gasteiger partial charge in [-0.05, 0) is 76.6 Å². The molecule has 0 spiro atoms. The monoisotopic (exact) mass is 667 g/mol. The molecule has 6 rings (SSSR count). The molecule has 1 aliphatic heterocycles. The van der Waals surface area contributed by atoms with Crippen molar-refractivity contribution in [1.29, 1.82) is 0 Å². The summed E-state index contributed by atoms with van der Waals surface area (Å²) in [6.45, 7) is 12.9. The van der Waals surface area contributed by atoms with Crippen LogP contribution in [0.5, 0.6) is 0 Å². The van der Waals surface area contributed by atoms with Gasteiger partial charge in [-0.25, -0.2) is 0 Å². The van der Waals surface area contributed by atoms with Gasteiger partial charge in [0.2, 0.25) is 11.4 Å². The fraction of sp³-hybridized carbons (Fsp3) is 0.182. The molecule has 0 amide bonds. The van der Waals surface area contributed by atoms with Gasteiger partial charge in [0.25, 0.3) is 12.4 Å². The summed E-state index contributed by atoms with van der Waals surface area (Å²) in [4.78, 5) is 4.52. The molecule has 37 heavy (non-hydrogen) atoms. The van der Waals surface area contributed by atoms with Crippen LogP contribution in [0.2, 0.25) is 0 Å². The van der Waals surface area contributed by atoms with Crippen LogP contribution in [0.4, 0.5) is 11.4 Å². The molecule has 0 fully saturated rings. The van der Waals surface area contributed by atoms with Crippen LogP contribution in [-0.2, 0) is 22.4 Å². The van der Waals surface area contributed by atoms with E-state index >= 15 is 0 Å². The number of aryl methyl sites for hydroxylation is 6. The van der Waals surface area contributed by atoms with Crippen LogP contribution in [0.1, 0.15) is 33.4 Å². The summed E-state index contributed by atoms with van der Waals surface area (Å²) >= 11 is 0. The first-order valence-electron chi connectivity index (χ1n) is 12.4. The zero-order valence-electron chi connectivity index (χ0n) is 22.2. The molecule has 1 aliphatic rings. The third-order valence-electron chi connectivity index (χ3n) is 6.67. The largest absolute Gasteiger partial charge is 1.00 e. The van der Waals surface area contributed by atoms with Crippen molar-refractivity contribution < 1.29 is 31.5 Å².